The van der Waals surface area contributed by atoms with Gasteiger partial charge in [-0.1, -0.05) is 18.2 Å². The predicted octanol–water partition coefficient (Wildman–Crippen LogP) is 0.713. The van der Waals surface area contributed by atoms with Gasteiger partial charge in [0.05, 0.1) is 11.7 Å². The molecule has 1 saturated heterocycles. The molecule has 2 aliphatic heterocycles. The first kappa shape index (κ1) is 13.6. The van der Waals surface area contributed by atoms with E-state index in [1.54, 1.807) is 0 Å². The molecule has 3 rings (SSSR count). The van der Waals surface area contributed by atoms with Crippen molar-refractivity contribution in [2.75, 3.05) is 11.9 Å². The number of nitrogens with one attached hydrogen (secondary N) is 2. The molecule has 0 bridgehead atoms. The Labute approximate surface area is 116 Å². The van der Waals surface area contributed by atoms with Crippen molar-refractivity contribution < 1.29 is 14.3 Å². The predicted molar refractivity (Wildman–Crippen MR) is 71.1 cm³/mol. The number of benzene rings is 1. The molecule has 1 fully saturated rings. The normalized spacial score (nSPS) is 28.0. The fraction of sp³-hybridized carbons (Fsp3) is 0.333. The number of hydrogen-bond donors (Lipinski definition) is 3. The van der Waals surface area contributed by atoms with Crippen LogP contribution in [0.4, 0.5) is 10.5 Å². The van der Waals surface area contributed by atoms with Gasteiger partial charge in [0, 0.05) is 18.5 Å². The maximum Gasteiger partial charge on any atom is 0.412 e. The van der Waals surface area contributed by atoms with Crippen LogP contribution in [0, 0.1) is 0 Å². The van der Waals surface area contributed by atoms with E-state index in [4.69, 9.17) is 10.5 Å². The van der Waals surface area contributed by atoms with Crippen molar-refractivity contribution in [3.05, 3.63) is 29.8 Å². The molecule has 1 aromatic carbocycles. The van der Waals surface area contributed by atoms with Crippen LogP contribution in [0.25, 0.3) is 0 Å². The Hall–Kier alpha value is -1.79. The number of nitrogens with two attached hydrogens (primary N) is 1. The van der Waals surface area contributed by atoms with E-state index in [0.717, 1.165) is 11.3 Å². The topological polar surface area (TPSA) is 93.5 Å². The molecule has 4 N–H and O–H groups in total. The average molecular weight is 284 g/mol. The quantitative estimate of drug-likeness (QED) is 0.708. The van der Waals surface area contributed by atoms with Gasteiger partial charge >= 0.3 is 6.09 Å². The Balaban J connectivity index is 0.00000133. The standard InChI is InChI=1S/C12H13N3O3.ClH/c13-10(16)9-5-12(6-14-9)7-3-1-2-4-8(7)15-11(17)18-12;/h1-4,9,14H,5-6H2,(H2,13,16)(H,15,17);1H/t9-,12-;/m0./s1. The molecule has 6 nitrogen and oxygen atoms in total. The van der Waals surface area contributed by atoms with Gasteiger partial charge in [0.15, 0.2) is 5.60 Å². The van der Waals surface area contributed by atoms with Crippen molar-refractivity contribution >= 4 is 30.1 Å². The van der Waals surface area contributed by atoms with Crippen LogP contribution in [0.2, 0.25) is 0 Å². The molecule has 0 saturated carbocycles. The van der Waals surface area contributed by atoms with Gasteiger partial charge in [-0.05, 0) is 6.07 Å². The first-order chi connectivity index (χ1) is 8.61. The van der Waals surface area contributed by atoms with E-state index in [2.05, 4.69) is 10.6 Å². The van der Waals surface area contributed by atoms with Crippen LogP contribution in [-0.4, -0.2) is 24.6 Å². The van der Waals surface area contributed by atoms with Gasteiger partial charge in [-0.25, -0.2) is 4.79 Å². The summed E-state index contributed by atoms with van der Waals surface area (Å²) in [6.45, 7) is 0.394. The highest BCUT2D eigenvalue weighted by molar-refractivity contribution is 5.89. The molecule has 0 radical (unpaired) electrons. The average Bonchev–Trinajstić information content (AvgIpc) is 2.74. The van der Waals surface area contributed by atoms with Gasteiger partial charge in [-0.3, -0.25) is 10.1 Å². The minimum Gasteiger partial charge on any atom is -0.436 e. The van der Waals surface area contributed by atoms with Crippen molar-refractivity contribution in [1.29, 1.82) is 0 Å². The van der Waals surface area contributed by atoms with Gasteiger partial charge < -0.3 is 15.8 Å². The van der Waals surface area contributed by atoms with Crippen LogP contribution >= 0.6 is 12.4 Å². The van der Waals surface area contributed by atoms with Crippen LogP contribution in [-0.2, 0) is 15.1 Å². The molecule has 1 aromatic rings. The lowest BCUT2D eigenvalue weighted by Crippen LogP contribution is -2.41. The Morgan fingerprint density at radius 3 is 2.84 bits per heavy atom. The number of carbonyl (C=O) groups is 2. The Morgan fingerprint density at radius 2 is 2.16 bits per heavy atom. The summed E-state index contributed by atoms with van der Waals surface area (Å²) in [5, 5.41) is 5.65. The summed E-state index contributed by atoms with van der Waals surface area (Å²) in [7, 11) is 0. The van der Waals surface area contributed by atoms with Gasteiger partial charge in [0.1, 0.15) is 0 Å². The second kappa shape index (κ2) is 4.71. The fourth-order valence-electron chi connectivity index (χ4n) is 2.60. The molecule has 0 aromatic heterocycles. The van der Waals surface area contributed by atoms with E-state index in [-0.39, 0.29) is 12.4 Å². The largest absolute Gasteiger partial charge is 0.436 e. The number of amides is 2. The van der Waals surface area contributed by atoms with Gasteiger partial charge in [0.2, 0.25) is 5.91 Å². The minimum atomic E-state index is -0.793. The highest BCUT2D eigenvalue weighted by Crippen LogP contribution is 2.41. The maximum absolute atomic E-state index is 11.6. The highest BCUT2D eigenvalue weighted by atomic mass is 35.5. The van der Waals surface area contributed by atoms with E-state index in [9.17, 15) is 9.59 Å². The summed E-state index contributed by atoms with van der Waals surface area (Å²) < 4.78 is 5.42. The molecular weight excluding hydrogens is 270 g/mol. The number of para-hydroxylation sites is 1. The number of fused-ring (bicyclic) bond motifs is 2. The van der Waals surface area contributed by atoms with Crippen molar-refractivity contribution in [3.8, 4) is 0 Å². The summed E-state index contributed by atoms with van der Waals surface area (Å²) in [6, 6.07) is 6.95. The summed E-state index contributed by atoms with van der Waals surface area (Å²) >= 11 is 0. The zero-order chi connectivity index (χ0) is 12.8. The van der Waals surface area contributed by atoms with Crippen molar-refractivity contribution in [1.82, 2.24) is 5.32 Å². The number of halogens is 1. The molecule has 2 atom stereocenters. The van der Waals surface area contributed by atoms with E-state index in [1.807, 2.05) is 24.3 Å². The molecular formula is C12H14ClN3O3. The lowest BCUT2D eigenvalue weighted by atomic mass is 9.88. The molecule has 2 amide bonds. The zero-order valence-electron chi connectivity index (χ0n) is 10.0. The van der Waals surface area contributed by atoms with Crippen LogP contribution in [0.15, 0.2) is 24.3 Å². The number of ether oxygens (including phenoxy) is 1. The van der Waals surface area contributed by atoms with Crippen molar-refractivity contribution in [2.24, 2.45) is 5.73 Å². The summed E-state index contributed by atoms with van der Waals surface area (Å²) in [4.78, 5) is 22.8. The number of carbonyl (C=O) groups excluding carboxylic acids is 2. The molecule has 0 unspecified atom stereocenters. The molecule has 1 spiro atoms. The molecule has 2 heterocycles. The molecule has 102 valence electrons. The second-order valence-electron chi connectivity index (χ2n) is 4.59. The van der Waals surface area contributed by atoms with Crippen LogP contribution in [0.1, 0.15) is 12.0 Å². The highest BCUT2D eigenvalue weighted by Gasteiger charge is 2.49. The SMILES string of the molecule is Cl.NC(=O)[C@@H]1C[C@@]2(CN1)OC(=O)Nc1ccccc12. The first-order valence-electron chi connectivity index (χ1n) is 5.73. The molecule has 2 aliphatic rings. The van der Waals surface area contributed by atoms with E-state index in [0.29, 0.717) is 13.0 Å². The van der Waals surface area contributed by atoms with Gasteiger partial charge in [0.25, 0.3) is 0 Å². The third-order valence-electron chi connectivity index (χ3n) is 3.45. The van der Waals surface area contributed by atoms with Crippen LogP contribution < -0.4 is 16.4 Å². The van der Waals surface area contributed by atoms with Gasteiger partial charge in [-0.2, -0.15) is 0 Å². The zero-order valence-corrected chi connectivity index (χ0v) is 10.8. The number of rotatable bonds is 1. The smallest absolute Gasteiger partial charge is 0.412 e. The molecule has 0 aliphatic carbocycles. The summed E-state index contributed by atoms with van der Waals surface area (Å²) in [5.74, 6) is -0.432. The molecule has 7 heteroatoms. The summed E-state index contributed by atoms with van der Waals surface area (Å²) in [6.07, 6.45) is -0.132. The Morgan fingerprint density at radius 1 is 1.42 bits per heavy atom. The Kier molecular flexibility index (Phi) is 3.38. The van der Waals surface area contributed by atoms with Crippen molar-refractivity contribution in [3.63, 3.8) is 0 Å². The lowest BCUT2D eigenvalue weighted by Gasteiger charge is -2.34. The minimum absolute atomic E-state index is 0. The third kappa shape index (κ3) is 2.13. The van der Waals surface area contributed by atoms with Crippen LogP contribution in [0.3, 0.4) is 0 Å². The van der Waals surface area contributed by atoms with Gasteiger partial charge in [-0.15, -0.1) is 12.4 Å². The monoisotopic (exact) mass is 283 g/mol. The maximum atomic E-state index is 11.6. The third-order valence-corrected chi connectivity index (χ3v) is 3.45. The summed E-state index contributed by atoms with van der Waals surface area (Å²) in [5.41, 5.74) is 6.09. The Bertz CT molecular complexity index is 537. The first-order valence-corrected chi connectivity index (χ1v) is 5.73. The van der Waals surface area contributed by atoms with E-state index < -0.39 is 23.6 Å². The number of anilines is 1. The second-order valence-corrected chi connectivity index (χ2v) is 4.59. The van der Waals surface area contributed by atoms with E-state index in [1.165, 1.54) is 0 Å². The number of hydrogen-bond acceptors (Lipinski definition) is 4. The lowest BCUT2D eigenvalue weighted by molar-refractivity contribution is -0.120. The number of primary amides is 1. The van der Waals surface area contributed by atoms with E-state index >= 15 is 0 Å². The fourth-order valence-corrected chi connectivity index (χ4v) is 2.60. The van der Waals surface area contributed by atoms with Crippen molar-refractivity contribution in [2.45, 2.75) is 18.1 Å². The molecule has 19 heavy (non-hydrogen) atoms. The van der Waals surface area contributed by atoms with Crippen LogP contribution in [0.5, 0.6) is 0 Å².